The molecule has 0 saturated carbocycles. The van der Waals surface area contributed by atoms with Gasteiger partial charge < -0.3 is 14.9 Å². The highest BCUT2D eigenvalue weighted by molar-refractivity contribution is 5.85. The van der Waals surface area contributed by atoms with E-state index in [0.717, 1.165) is 0 Å². The van der Waals surface area contributed by atoms with Crippen LogP contribution in [0, 0.1) is 0 Å². The van der Waals surface area contributed by atoms with Crippen molar-refractivity contribution in [1.29, 1.82) is 0 Å². The van der Waals surface area contributed by atoms with Crippen molar-refractivity contribution in [2.24, 2.45) is 0 Å². The Bertz CT molecular complexity index is 467. The molecule has 0 atom stereocenters. The minimum Gasteiger partial charge on any atom is -0.480 e. The molecule has 2 heterocycles. The third kappa shape index (κ3) is 1.47. The van der Waals surface area contributed by atoms with Gasteiger partial charge in [-0.05, 0) is 0 Å². The van der Waals surface area contributed by atoms with Crippen molar-refractivity contribution in [3.05, 3.63) is 12.5 Å². The molecule has 0 aliphatic rings. The standard InChI is InChI=1S/C7H6N4O3/c12-5(13)2-8-6-4-1-11-14-7(4)10-3-9-6/h1,3H,2H2,(H,12,13)(H,8,9,10). The molecular weight excluding hydrogens is 188 g/mol. The van der Waals surface area contributed by atoms with E-state index in [1.54, 1.807) is 0 Å². The van der Waals surface area contributed by atoms with E-state index in [2.05, 4.69) is 20.4 Å². The van der Waals surface area contributed by atoms with Crippen LogP contribution in [-0.2, 0) is 4.79 Å². The molecule has 0 saturated heterocycles. The van der Waals surface area contributed by atoms with Crippen molar-refractivity contribution >= 4 is 22.9 Å². The van der Waals surface area contributed by atoms with Gasteiger partial charge in [0.25, 0.3) is 5.71 Å². The van der Waals surface area contributed by atoms with E-state index in [-0.39, 0.29) is 6.54 Å². The number of hydrogen-bond donors (Lipinski definition) is 2. The lowest BCUT2D eigenvalue weighted by Crippen LogP contribution is -2.13. The summed E-state index contributed by atoms with van der Waals surface area (Å²) in [7, 11) is 0. The summed E-state index contributed by atoms with van der Waals surface area (Å²) in [5, 5.41) is 15.2. The van der Waals surface area contributed by atoms with Gasteiger partial charge in [-0.15, -0.1) is 0 Å². The molecule has 0 radical (unpaired) electrons. The van der Waals surface area contributed by atoms with Gasteiger partial charge in [-0.3, -0.25) is 4.79 Å². The van der Waals surface area contributed by atoms with Crippen LogP contribution in [0.3, 0.4) is 0 Å². The predicted octanol–water partition coefficient (Wildman–Crippen LogP) is 0.114. The van der Waals surface area contributed by atoms with Gasteiger partial charge in [-0.1, -0.05) is 5.16 Å². The van der Waals surface area contributed by atoms with Crippen LogP contribution in [0.15, 0.2) is 17.0 Å². The second-order valence-corrected chi connectivity index (χ2v) is 2.51. The highest BCUT2D eigenvalue weighted by atomic mass is 16.5. The Morgan fingerprint density at radius 2 is 2.43 bits per heavy atom. The summed E-state index contributed by atoms with van der Waals surface area (Å²) >= 11 is 0. The number of aromatic nitrogens is 3. The zero-order chi connectivity index (χ0) is 9.97. The molecule has 0 fully saturated rings. The zero-order valence-electron chi connectivity index (χ0n) is 6.97. The van der Waals surface area contributed by atoms with Gasteiger partial charge in [0.15, 0.2) is 0 Å². The molecule has 0 aromatic carbocycles. The van der Waals surface area contributed by atoms with Gasteiger partial charge in [0.1, 0.15) is 24.1 Å². The summed E-state index contributed by atoms with van der Waals surface area (Å²) in [5.74, 6) is -0.563. The van der Waals surface area contributed by atoms with Crippen LogP contribution in [0.5, 0.6) is 0 Å². The molecule has 14 heavy (non-hydrogen) atoms. The molecule has 0 bridgehead atoms. The van der Waals surface area contributed by atoms with E-state index in [1.165, 1.54) is 12.5 Å². The average molecular weight is 194 g/mol. The molecule has 2 aromatic rings. The fourth-order valence-electron chi connectivity index (χ4n) is 0.998. The third-order valence-corrected chi connectivity index (χ3v) is 1.58. The van der Waals surface area contributed by atoms with Crippen LogP contribution < -0.4 is 5.32 Å². The van der Waals surface area contributed by atoms with Crippen LogP contribution in [0.1, 0.15) is 0 Å². The van der Waals surface area contributed by atoms with E-state index in [1.807, 2.05) is 0 Å². The van der Waals surface area contributed by atoms with Gasteiger partial charge in [0.05, 0.1) is 6.20 Å². The third-order valence-electron chi connectivity index (χ3n) is 1.58. The first-order chi connectivity index (χ1) is 6.77. The molecule has 2 rings (SSSR count). The molecule has 2 aromatic heterocycles. The van der Waals surface area contributed by atoms with Crippen molar-refractivity contribution in [2.75, 3.05) is 11.9 Å². The number of carboxylic acids is 1. The van der Waals surface area contributed by atoms with E-state index in [4.69, 9.17) is 9.63 Å². The number of nitrogens with one attached hydrogen (secondary N) is 1. The number of nitrogens with zero attached hydrogens (tertiary/aromatic N) is 3. The Morgan fingerprint density at radius 3 is 3.21 bits per heavy atom. The van der Waals surface area contributed by atoms with Gasteiger partial charge in [0.2, 0.25) is 0 Å². The highest BCUT2D eigenvalue weighted by Gasteiger charge is 2.07. The maximum atomic E-state index is 10.3. The normalized spacial score (nSPS) is 10.3. The van der Waals surface area contributed by atoms with Crippen LogP contribution in [0.4, 0.5) is 5.82 Å². The lowest BCUT2D eigenvalue weighted by Gasteiger charge is -2.00. The quantitative estimate of drug-likeness (QED) is 0.715. The SMILES string of the molecule is O=C(O)CNc1ncnc2oncc12. The molecule has 0 aliphatic heterocycles. The summed E-state index contributed by atoms with van der Waals surface area (Å²) in [6.07, 6.45) is 2.71. The lowest BCUT2D eigenvalue weighted by atomic mass is 10.4. The van der Waals surface area contributed by atoms with Crippen LogP contribution in [-0.4, -0.2) is 32.7 Å². The predicted molar refractivity (Wildman–Crippen MR) is 45.7 cm³/mol. The molecule has 7 nitrogen and oxygen atoms in total. The molecule has 0 spiro atoms. The van der Waals surface area contributed by atoms with Crippen LogP contribution >= 0.6 is 0 Å². The lowest BCUT2D eigenvalue weighted by molar-refractivity contribution is -0.134. The Kier molecular flexibility index (Phi) is 1.98. The fourth-order valence-corrected chi connectivity index (χ4v) is 0.998. The molecule has 0 aliphatic carbocycles. The van der Waals surface area contributed by atoms with E-state index in [9.17, 15) is 4.79 Å². The molecule has 0 amide bonds. The van der Waals surface area contributed by atoms with Gasteiger partial charge in [-0.2, -0.15) is 4.98 Å². The number of anilines is 1. The van der Waals surface area contributed by atoms with Crippen molar-refractivity contribution < 1.29 is 14.4 Å². The number of hydrogen-bond acceptors (Lipinski definition) is 6. The summed E-state index contributed by atoms with van der Waals surface area (Å²) in [6.45, 7) is -0.211. The van der Waals surface area contributed by atoms with Crippen molar-refractivity contribution in [1.82, 2.24) is 15.1 Å². The number of aliphatic carboxylic acids is 1. The number of rotatable bonds is 3. The van der Waals surface area contributed by atoms with Gasteiger partial charge in [-0.25, -0.2) is 4.98 Å². The second-order valence-electron chi connectivity index (χ2n) is 2.51. The van der Waals surface area contributed by atoms with Crippen LogP contribution in [0.25, 0.3) is 11.1 Å². The first-order valence-corrected chi connectivity index (χ1v) is 3.78. The Hall–Kier alpha value is -2.18. The minimum absolute atomic E-state index is 0.211. The molecular formula is C7H6N4O3. The van der Waals surface area contributed by atoms with Crippen molar-refractivity contribution in [3.63, 3.8) is 0 Å². The summed E-state index contributed by atoms with van der Waals surface area (Å²) in [6, 6.07) is 0. The topological polar surface area (TPSA) is 101 Å². The summed E-state index contributed by atoms with van der Waals surface area (Å²) < 4.78 is 4.78. The Balaban J connectivity index is 2.32. The number of carboxylic acid groups (broad SMARTS) is 1. The van der Waals surface area contributed by atoms with E-state index in [0.29, 0.717) is 16.9 Å². The van der Waals surface area contributed by atoms with E-state index < -0.39 is 5.97 Å². The maximum Gasteiger partial charge on any atom is 0.322 e. The van der Waals surface area contributed by atoms with Gasteiger partial charge >= 0.3 is 5.97 Å². The second kappa shape index (κ2) is 3.29. The summed E-state index contributed by atoms with van der Waals surface area (Å²) in [4.78, 5) is 18.0. The monoisotopic (exact) mass is 194 g/mol. The van der Waals surface area contributed by atoms with Gasteiger partial charge in [0, 0.05) is 0 Å². The van der Waals surface area contributed by atoms with Crippen LogP contribution in [0.2, 0.25) is 0 Å². The number of fused-ring (bicyclic) bond motifs is 1. The maximum absolute atomic E-state index is 10.3. The molecule has 0 unspecified atom stereocenters. The van der Waals surface area contributed by atoms with E-state index >= 15 is 0 Å². The summed E-state index contributed by atoms with van der Waals surface area (Å²) in [5.41, 5.74) is 0.327. The largest absolute Gasteiger partial charge is 0.480 e. The zero-order valence-corrected chi connectivity index (χ0v) is 6.97. The smallest absolute Gasteiger partial charge is 0.322 e. The van der Waals surface area contributed by atoms with Crippen molar-refractivity contribution in [3.8, 4) is 0 Å². The average Bonchev–Trinajstić information content (AvgIpc) is 2.62. The molecule has 7 heteroatoms. The minimum atomic E-state index is -0.965. The Labute approximate surface area is 77.8 Å². The molecule has 72 valence electrons. The number of carbonyl (C=O) groups is 1. The fraction of sp³-hybridized carbons (Fsp3) is 0.143. The first-order valence-electron chi connectivity index (χ1n) is 3.78. The Morgan fingerprint density at radius 1 is 1.57 bits per heavy atom. The highest BCUT2D eigenvalue weighted by Crippen LogP contribution is 2.17. The van der Waals surface area contributed by atoms with Crippen molar-refractivity contribution in [2.45, 2.75) is 0 Å². The first kappa shape index (κ1) is 8.42. The molecule has 2 N–H and O–H groups in total.